The van der Waals surface area contributed by atoms with E-state index >= 15 is 0 Å². The molecule has 3 aromatic heterocycles. The Morgan fingerprint density at radius 3 is 2.84 bits per heavy atom. The van der Waals surface area contributed by atoms with Gasteiger partial charge in [-0.2, -0.15) is 9.78 Å². The number of methoxy groups -OCH3 is 1. The number of anilines is 1. The molecule has 3 N–H and O–H groups in total. The summed E-state index contributed by atoms with van der Waals surface area (Å²) in [7, 11) is 1.39. The molecule has 1 aromatic carbocycles. The molecule has 0 amide bonds. The third kappa shape index (κ3) is 3.56. The van der Waals surface area contributed by atoms with Crippen LogP contribution >= 0.6 is 0 Å². The Labute approximate surface area is 183 Å². The van der Waals surface area contributed by atoms with Crippen LogP contribution in [0.5, 0.6) is 5.75 Å². The standard InChI is InChI=1S/C21H22FN9O/c1-32-19-17(22)3-2-4-18(19)31-21(27-28-29-31)16-9-13(10-25-20(16)23)14-11-26-30(12-14)15-5-7-24-8-6-15/h2-4,9-12,15,24H,5-8H2,1H3,(H2,23,25). The second kappa shape index (κ2) is 8.35. The fraction of sp³-hybridized carbons (Fsp3) is 0.286. The summed E-state index contributed by atoms with van der Waals surface area (Å²) in [4.78, 5) is 4.34. The molecule has 0 atom stereocenters. The minimum atomic E-state index is -0.517. The first kappa shape index (κ1) is 20.1. The number of ether oxygens (including phenoxy) is 1. The van der Waals surface area contributed by atoms with E-state index in [0.717, 1.165) is 37.1 Å². The number of rotatable bonds is 5. The lowest BCUT2D eigenvalue weighted by Gasteiger charge is -2.22. The average Bonchev–Trinajstić information content (AvgIpc) is 3.50. The van der Waals surface area contributed by atoms with E-state index in [1.165, 1.54) is 17.9 Å². The molecule has 0 saturated carbocycles. The van der Waals surface area contributed by atoms with Crippen LogP contribution in [0.15, 0.2) is 42.9 Å². The summed E-state index contributed by atoms with van der Waals surface area (Å²) in [6, 6.07) is 6.77. The van der Waals surface area contributed by atoms with Crippen molar-refractivity contribution < 1.29 is 9.13 Å². The summed E-state index contributed by atoms with van der Waals surface area (Å²) in [6.07, 6.45) is 7.61. The van der Waals surface area contributed by atoms with Crippen LogP contribution in [-0.4, -0.2) is 55.2 Å². The zero-order valence-electron chi connectivity index (χ0n) is 17.4. The zero-order valence-corrected chi connectivity index (χ0v) is 17.4. The quantitative estimate of drug-likeness (QED) is 0.490. The Morgan fingerprint density at radius 1 is 1.19 bits per heavy atom. The van der Waals surface area contributed by atoms with Crippen molar-refractivity contribution in [2.75, 3.05) is 25.9 Å². The van der Waals surface area contributed by atoms with Gasteiger partial charge in [0.25, 0.3) is 0 Å². The minimum absolute atomic E-state index is 0.0342. The molecule has 4 aromatic rings. The summed E-state index contributed by atoms with van der Waals surface area (Å²) in [5.41, 5.74) is 8.80. The molecular formula is C21H22FN9O. The van der Waals surface area contributed by atoms with Crippen LogP contribution in [0, 0.1) is 5.82 Å². The molecule has 1 fully saturated rings. The number of halogens is 1. The number of tetrazole rings is 1. The molecule has 4 heterocycles. The van der Waals surface area contributed by atoms with E-state index in [1.807, 2.05) is 23.1 Å². The van der Waals surface area contributed by atoms with E-state index in [9.17, 15) is 4.39 Å². The monoisotopic (exact) mass is 435 g/mol. The fourth-order valence-corrected chi connectivity index (χ4v) is 3.95. The molecule has 10 nitrogen and oxygen atoms in total. The van der Waals surface area contributed by atoms with E-state index in [2.05, 4.69) is 30.9 Å². The first-order valence-corrected chi connectivity index (χ1v) is 10.3. The van der Waals surface area contributed by atoms with Crippen molar-refractivity contribution >= 4 is 5.82 Å². The lowest BCUT2D eigenvalue weighted by Crippen LogP contribution is -2.29. The third-order valence-electron chi connectivity index (χ3n) is 5.63. The number of hydrogen-bond donors (Lipinski definition) is 2. The summed E-state index contributed by atoms with van der Waals surface area (Å²) >= 11 is 0. The maximum atomic E-state index is 14.2. The van der Waals surface area contributed by atoms with Gasteiger partial charge in [-0.25, -0.2) is 9.37 Å². The maximum Gasteiger partial charge on any atom is 0.190 e. The highest BCUT2D eigenvalue weighted by Gasteiger charge is 2.21. The molecular weight excluding hydrogens is 413 g/mol. The van der Waals surface area contributed by atoms with Gasteiger partial charge in [0.15, 0.2) is 17.4 Å². The number of aromatic nitrogens is 7. The largest absolute Gasteiger partial charge is 0.492 e. The van der Waals surface area contributed by atoms with Crippen LogP contribution in [0.25, 0.3) is 28.2 Å². The van der Waals surface area contributed by atoms with Gasteiger partial charge >= 0.3 is 0 Å². The van der Waals surface area contributed by atoms with Gasteiger partial charge in [0.2, 0.25) is 0 Å². The average molecular weight is 435 g/mol. The number of hydrogen-bond acceptors (Lipinski definition) is 8. The molecule has 0 aliphatic carbocycles. The SMILES string of the molecule is COc1c(F)cccc1-n1nnnc1-c1cc(-c2cnn(C3CCNCC3)c2)cnc1N. The van der Waals surface area contributed by atoms with Crippen LogP contribution in [0.1, 0.15) is 18.9 Å². The van der Waals surface area contributed by atoms with Gasteiger partial charge in [0, 0.05) is 23.5 Å². The third-order valence-corrected chi connectivity index (χ3v) is 5.63. The molecule has 0 spiro atoms. The normalized spacial score (nSPS) is 14.6. The number of piperidine rings is 1. The molecule has 1 aliphatic heterocycles. The zero-order chi connectivity index (χ0) is 22.1. The van der Waals surface area contributed by atoms with Crippen molar-refractivity contribution in [2.24, 2.45) is 0 Å². The van der Waals surface area contributed by atoms with Crippen LogP contribution in [0.3, 0.4) is 0 Å². The molecule has 0 radical (unpaired) electrons. The summed E-state index contributed by atoms with van der Waals surface area (Å²) in [5, 5.41) is 19.8. The van der Waals surface area contributed by atoms with Gasteiger partial charge in [-0.3, -0.25) is 4.68 Å². The number of benzene rings is 1. The first-order valence-electron chi connectivity index (χ1n) is 10.3. The van der Waals surface area contributed by atoms with Crippen molar-refractivity contribution in [2.45, 2.75) is 18.9 Å². The summed E-state index contributed by atoms with van der Waals surface area (Å²) < 4.78 is 22.9. The molecule has 0 bridgehead atoms. The number of pyridine rings is 1. The van der Waals surface area contributed by atoms with Crippen LogP contribution in [0.4, 0.5) is 10.2 Å². The molecule has 5 rings (SSSR count). The predicted molar refractivity (Wildman–Crippen MR) is 116 cm³/mol. The Hall–Kier alpha value is -3.86. The van der Waals surface area contributed by atoms with Gasteiger partial charge < -0.3 is 15.8 Å². The Morgan fingerprint density at radius 2 is 2.03 bits per heavy atom. The maximum absolute atomic E-state index is 14.2. The van der Waals surface area contributed by atoms with Gasteiger partial charge in [-0.15, -0.1) is 5.10 Å². The van der Waals surface area contributed by atoms with E-state index < -0.39 is 5.82 Å². The number of nitrogens with two attached hydrogens (primary N) is 1. The number of nitrogens with one attached hydrogen (secondary N) is 1. The molecule has 32 heavy (non-hydrogen) atoms. The van der Waals surface area contributed by atoms with Gasteiger partial charge in [-0.1, -0.05) is 6.07 Å². The van der Waals surface area contributed by atoms with Crippen molar-refractivity contribution in [1.82, 2.24) is 40.3 Å². The Bertz CT molecular complexity index is 1250. The lowest BCUT2D eigenvalue weighted by atomic mass is 10.1. The fourth-order valence-electron chi connectivity index (χ4n) is 3.95. The van der Waals surface area contributed by atoms with Crippen LogP contribution in [-0.2, 0) is 0 Å². The van der Waals surface area contributed by atoms with Crippen LogP contribution in [0.2, 0.25) is 0 Å². The highest BCUT2D eigenvalue weighted by Crippen LogP contribution is 2.32. The molecule has 164 valence electrons. The van der Waals surface area contributed by atoms with E-state index in [0.29, 0.717) is 23.1 Å². The second-order valence-electron chi connectivity index (χ2n) is 7.55. The molecule has 1 aliphatic rings. The summed E-state index contributed by atoms with van der Waals surface area (Å²) in [6.45, 7) is 1.97. The lowest BCUT2D eigenvalue weighted by molar-refractivity contribution is 0.343. The number of nitrogens with zero attached hydrogens (tertiary/aromatic N) is 7. The van der Waals surface area contributed by atoms with Gasteiger partial charge in [0.05, 0.1) is 24.9 Å². The summed E-state index contributed by atoms with van der Waals surface area (Å²) in [5.74, 6) is 0.0982. The molecule has 1 saturated heterocycles. The smallest absolute Gasteiger partial charge is 0.190 e. The van der Waals surface area contributed by atoms with E-state index in [4.69, 9.17) is 10.5 Å². The van der Waals surface area contributed by atoms with E-state index in [-0.39, 0.29) is 11.6 Å². The minimum Gasteiger partial charge on any atom is -0.492 e. The Balaban J connectivity index is 1.54. The van der Waals surface area contributed by atoms with E-state index in [1.54, 1.807) is 18.3 Å². The first-order chi connectivity index (χ1) is 15.7. The second-order valence-corrected chi connectivity index (χ2v) is 7.55. The number of nitrogen functional groups attached to an aromatic ring is 1. The predicted octanol–water partition coefficient (Wildman–Crippen LogP) is 2.24. The molecule has 11 heteroatoms. The Kier molecular flexibility index (Phi) is 5.23. The van der Waals surface area contributed by atoms with Crippen molar-refractivity contribution in [3.05, 3.63) is 48.7 Å². The topological polar surface area (TPSA) is 122 Å². The van der Waals surface area contributed by atoms with Crippen molar-refractivity contribution in [3.63, 3.8) is 0 Å². The highest BCUT2D eigenvalue weighted by atomic mass is 19.1. The van der Waals surface area contributed by atoms with Gasteiger partial charge in [-0.05, 0) is 54.6 Å². The highest BCUT2D eigenvalue weighted by molar-refractivity contribution is 5.76. The van der Waals surface area contributed by atoms with Gasteiger partial charge in [0.1, 0.15) is 11.5 Å². The molecule has 0 unspecified atom stereocenters. The number of para-hydroxylation sites is 1. The van der Waals surface area contributed by atoms with Crippen LogP contribution < -0.4 is 15.8 Å². The van der Waals surface area contributed by atoms with Crippen molar-refractivity contribution in [3.8, 4) is 34.0 Å². The van der Waals surface area contributed by atoms with Crippen molar-refractivity contribution in [1.29, 1.82) is 0 Å².